The number of carbonyl (C=O) groups excluding carboxylic acids is 2. The van der Waals surface area contributed by atoms with Crippen molar-refractivity contribution >= 4 is 40.7 Å². The van der Waals surface area contributed by atoms with E-state index in [0.29, 0.717) is 23.4 Å². The van der Waals surface area contributed by atoms with Gasteiger partial charge >= 0.3 is 0 Å². The molecule has 6 rings (SSSR count). The molecular formula is C33H35N7O2. The number of carbonyl (C=O) groups is 2. The van der Waals surface area contributed by atoms with Crippen molar-refractivity contribution in [3.05, 3.63) is 101 Å². The zero-order chi connectivity index (χ0) is 29.2. The largest absolute Gasteiger partial charge is 0.379 e. The summed E-state index contributed by atoms with van der Waals surface area (Å²) in [5, 5.41) is 10.7. The van der Waals surface area contributed by atoms with Crippen LogP contribution in [-0.2, 0) is 18.4 Å². The Bertz CT molecular complexity index is 1650. The van der Waals surface area contributed by atoms with E-state index in [9.17, 15) is 9.59 Å². The third kappa shape index (κ3) is 5.82. The quantitative estimate of drug-likeness (QED) is 0.238. The lowest BCUT2D eigenvalue weighted by Crippen LogP contribution is -2.44. The van der Waals surface area contributed by atoms with Crippen molar-refractivity contribution in [2.75, 3.05) is 48.8 Å². The van der Waals surface area contributed by atoms with Crippen LogP contribution in [0.1, 0.15) is 38.8 Å². The smallest absolute Gasteiger partial charge is 0.237 e. The normalized spacial score (nSPS) is 17.0. The van der Waals surface area contributed by atoms with Gasteiger partial charge in [0.2, 0.25) is 5.91 Å². The maximum atomic E-state index is 13.4. The van der Waals surface area contributed by atoms with Crippen molar-refractivity contribution in [3.63, 3.8) is 0 Å². The van der Waals surface area contributed by atoms with E-state index in [1.165, 1.54) is 5.69 Å². The van der Waals surface area contributed by atoms with Crippen LogP contribution in [-0.4, -0.2) is 65.8 Å². The molecular weight excluding hydrogens is 526 g/mol. The molecule has 0 saturated carbocycles. The molecule has 9 nitrogen and oxygen atoms in total. The highest BCUT2D eigenvalue weighted by atomic mass is 16.2. The Morgan fingerprint density at radius 1 is 1.00 bits per heavy atom. The summed E-state index contributed by atoms with van der Waals surface area (Å²) in [6, 6.07) is 23.0. The minimum absolute atomic E-state index is 0.107. The van der Waals surface area contributed by atoms with Crippen molar-refractivity contribution in [3.8, 4) is 0 Å². The molecule has 0 spiro atoms. The van der Waals surface area contributed by atoms with Gasteiger partial charge in [-0.3, -0.25) is 19.3 Å². The van der Waals surface area contributed by atoms with E-state index in [1.807, 2.05) is 61.1 Å². The second-order valence-electron chi connectivity index (χ2n) is 11.0. The number of nitrogens with zero attached hydrogens (tertiary/aromatic N) is 5. The lowest BCUT2D eigenvalue weighted by molar-refractivity contribution is -0.115. The van der Waals surface area contributed by atoms with Crippen LogP contribution in [0.5, 0.6) is 0 Å². The van der Waals surface area contributed by atoms with Gasteiger partial charge < -0.3 is 20.4 Å². The maximum Gasteiger partial charge on any atom is 0.237 e. The predicted octanol–water partition coefficient (Wildman–Crippen LogP) is 4.76. The highest BCUT2D eigenvalue weighted by molar-refractivity contribution is 6.15. The molecule has 0 aliphatic carbocycles. The van der Waals surface area contributed by atoms with Crippen LogP contribution in [0.4, 0.5) is 22.7 Å². The lowest BCUT2D eigenvalue weighted by atomic mass is 9.97. The summed E-state index contributed by atoms with van der Waals surface area (Å²) in [7, 11) is 4.06. The Labute approximate surface area is 245 Å². The number of anilines is 3. The highest BCUT2D eigenvalue weighted by Crippen LogP contribution is 2.33. The van der Waals surface area contributed by atoms with E-state index in [0.717, 1.165) is 54.5 Å². The number of hydrogen-bond donors (Lipinski definition) is 2. The van der Waals surface area contributed by atoms with Crippen LogP contribution >= 0.6 is 0 Å². The van der Waals surface area contributed by atoms with Gasteiger partial charge in [-0.2, -0.15) is 5.10 Å². The first-order valence-electron chi connectivity index (χ1n) is 14.2. The summed E-state index contributed by atoms with van der Waals surface area (Å²) in [6.07, 6.45) is 1.69. The summed E-state index contributed by atoms with van der Waals surface area (Å²) in [5.74, 6) is -0.765. The molecule has 1 amide bonds. The standard InChI is InChI=1S/C33H35N7O2/c1-22-17-28(39(3)37-22)20-34-26-6-4-5-23(18-26)32(41)24-7-12-29-30(33(42)36-31(29)19-24)21-35-25-8-10-27(11-9-25)40-15-13-38(2)14-16-40/h4-12,17-19,21,30,34H,13-16,20H2,1-3H3,(H,36,42). The molecule has 1 unspecified atom stereocenters. The van der Waals surface area contributed by atoms with Crippen LogP contribution < -0.4 is 15.5 Å². The molecule has 2 aliphatic rings. The summed E-state index contributed by atoms with van der Waals surface area (Å²) < 4.78 is 1.85. The van der Waals surface area contributed by atoms with E-state index in [1.54, 1.807) is 24.4 Å². The Hall–Kier alpha value is -4.76. The zero-order valence-electron chi connectivity index (χ0n) is 24.2. The number of likely N-dealkylation sites (N-methyl/N-ethyl adjacent to an activating group) is 1. The number of nitrogens with one attached hydrogen (secondary N) is 2. The molecule has 2 aliphatic heterocycles. The molecule has 0 bridgehead atoms. The van der Waals surface area contributed by atoms with E-state index in [2.05, 4.69) is 49.7 Å². The van der Waals surface area contributed by atoms with E-state index in [4.69, 9.17) is 0 Å². The first-order valence-corrected chi connectivity index (χ1v) is 14.2. The minimum Gasteiger partial charge on any atom is -0.379 e. The van der Waals surface area contributed by atoms with Gasteiger partial charge in [0.1, 0.15) is 5.92 Å². The Balaban J connectivity index is 1.12. The number of aromatic nitrogens is 2. The zero-order valence-corrected chi connectivity index (χ0v) is 24.2. The average molecular weight is 562 g/mol. The van der Waals surface area contributed by atoms with Gasteiger partial charge in [0.15, 0.2) is 5.78 Å². The number of benzene rings is 3. The van der Waals surface area contributed by atoms with Gasteiger partial charge in [0, 0.05) is 67.6 Å². The van der Waals surface area contributed by atoms with Crippen LogP contribution in [0.15, 0.2) is 77.8 Å². The van der Waals surface area contributed by atoms with Crippen LogP contribution in [0.25, 0.3) is 0 Å². The fraction of sp³-hybridized carbons (Fsp3) is 0.273. The van der Waals surface area contributed by atoms with Crippen molar-refractivity contribution in [1.29, 1.82) is 0 Å². The van der Waals surface area contributed by atoms with Crippen molar-refractivity contribution in [2.24, 2.45) is 12.0 Å². The average Bonchev–Trinajstić information content (AvgIpc) is 3.50. The molecule has 3 heterocycles. The van der Waals surface area contributed by atoms with Crippen LogP contribution in [0, 0.1) is 6.92 Å². The number of fused-ring (bicyclic) bond motifs is 1. The summed E-state index contributed by atoms with van der Waals surface area (Å²) in [6.45, 7) is 6.69. The van der Waals surface area contributed by atoms with E-state index < -0.39 is 5.92 Å². The number of rotatable bonds is 8. The fourth-order valence-corrected chi connectivity index (χ4v) is 5.51. The number of aliphatic imine (C=N–C) groups is 1. The second kappa shape index (κ2) is 11.6. The van der Waals surface area contributed by atoms with Gasteiger partial charge in [-0.25, -0.2) is 0 Å². The van der Waals surface area contributed by atoms with Gasteiger partial charge in [-0.05, 0) is 68.1 Å². The molecule has 9 heteroatoms. The number of hydrogen-bond acceptors (Lipinski definition) is 7. The topological polar surface area (TPSA) is 94.9 Å². The summed E-state index contributed by atoms with van der Waals surface area (Å²) >= 11 is 0. The monoisotopic (exact) mass is 561 g/mol. The highest BCUT2D eigenvalue weighted by Gasteiger charge is 2.30. The molecule has 3 aromatic carbocycles. The van der Waals surface area contributed by atoms with Crippen LogP contribution in [0.3, 0.4) is 0 Å². The Kier molecular flexibility index (Phi) is 7.58. The van der Waals surface area contributed by atoms with Crippen LogP contribution in [0.2, 0.25) is 0 Å². The Morgan fingerprint density at radius 2 is 1.76 bits per heavy atom. The summed E-state index contributed by atoms with van der Waals surface area (Å²) in [5.41, 5.74) is 7.41. The minimum atomic E-state index is -0.510. The first-order chi connectivity index (χ1) is 20.3. The van der Waals surface area contributed by atoms with Gasteiger partial charge in [0.05, 0.1) is 23.6 Å². The van der Waals surface area contributed by atoms with Gasteiger partial charge in [-0.15, -0.1) is 0 Å². The maximum absolute atomic E-state index is 13.4. The van der Waals surface area contributed by atoms with Gasteiger partial charge in [0.25, 0.3) is 0 Å². The molecule has 42 heavy (non-hydrogen) atoms. The Morgan fingerprint density at radius 3 is 2.50 bits per heavy atom. The van der Waals surface area contributed by atoms with Crippen molar-refractivity contribution in [1.82, 2.24) is 14.7 Å². The molecule has 0 radical (unpaired) electrons. The molecule has 1 fully saturated rings. The summed E-state index contributed by atoms with van der Waals surface area (Å²) in [4.78, 5) is 35.5. The number of amides is 1. The predicted molar refractivity (Wildman–Crippen MR) is 167 cm³/mol. The second-order valence-corrected chi connectivity index (χ2v) is 11.0. The van der Waals surface area contributed by atoms with Gasteiger partial charge in [-0.1, -0.05) is 24.3 Å². The third-order valence-corrected chi connectivity index (χ3v) is 7.98. The first kappa shape index (κ1) is 27.4. The molecule has 1 aromatic heterocycles. The molecule has 214 valence electrons. The molecule has 2 N–H and O–H groups in total. The van der Waals surface area contributed by atoms with E-state index >= 15 is 0 Å². The fourth-order valence-electron chi connectivity index (χ4n) is 5.51. The number of piperazine rings is 1. The third-order valence-electron chi connectivity index (χ3n) is 7.98. The molecule has 1 saturated heterocycles. The van der Waals surface area contributed by atoms with Crippen molar-refractivity contribution < 1.29 is 9.59 Å². The van der Waals surface area contributed by atoms with Crippen molar-refractivity contribution in [2.45, 2.75) is 19.4 Å². The lowest BCUT2D eigenvalue weighted by Gasteiger charge is -2.34. The molecule has 1 atom stereocenters. The number of ketones is 1. The SMILES string of the molecule is Cc1cc(CNc2cccc(C(=O)c3ccc4c(c3)NC(=O)C4C=Nc3ccc(N4CCN(C)CC4)cc3)c2)n(C)n1. The molecule has 4 aromatic rings. The number of aryl methyl sites for hydroxylation is 2. The van der Waals surface area contributed by atoms with E-state index in [-0.39, 0.29) is 11.7 Å².